The fraction of sp³-hybridized carbons (Fsp3) is 1.00. The molecule has 0 saturated heterocycles. The maximum Gasteiger partial charge on any atom is 0.00127 e. The highest BCUT2D eigenvalue weighted by Gasteiger charge is 1.92. The van der Waals surface area contributed by atoms with Gasteiger partial charge in [-0.3, -0.25) is 18.8 Å². The van der Waals surface area contributed by atoms with Gasteiger partial charge in [0.05, 0.1) is 0 Å². The summed E-state index contributed by atoms with van der Waals surface area (Å²) < 4.78 is 0. The SMILES string of the molecule is CC(C)NC(C)C.F.F.F.F. The molecule has 0 atom stereocenters. The molecule has 0 aromatic rings. The maximum atomic E-state index is 3.31. The second-order valence-electron chi connectivity index (χ2n) is 2.48. The number of rotatable bonds is 2. The Bertz CT molecular complexity index is 43.8. The lowest BCUT2D eigenvalue weighted by molar-refractivity contribution is 0.518. The minimum absolute atomic E-state index is 0. The summed E-state index contributed by atoms with van der Waals surface area (Å²) in [7, 11) is 0. The van der Waals surface area contributed by atoms with Gasteiger partial charge in [-0.1, -0.05) is 27.7 Å². The van der Waals surface area contributed by atoms with Crippen molar-refractivity contribution in [3.8, 4) is 0 Å². The predicted molar refractivity (Wildman–Crippen MR) is 43.4 cm³/mol. The fourth-order valence-corrected chi connectivity index (χ4v) is 0.667. The van der Waals surface area contributed by atoms with Crippen LogP contribution in [-0.4, -0.2) is 12.1 Å². The van der Waals surface area contributed by atoms with E-state index in [0.29, 0.717) is 12.1 Å². The van der Waals surface area contributed by atoms with Crippen molar-refractivity contribution in [2.24, 2.45) is 0 Å². The average Bonchev–Trinajstić information content (AvgIpc) is 1.27. The molecule has 0 aliphatic heterocycles. The molecule has 76 valence electrons. The van der Waals surface area contributed by atoms with Gasteiger partial charge in [-0.25, -0.2) is 0 Å². The number of hydrogen-bond donors (Lipinski definition) is 1. The van der Waals surface area contributed by atoms with Crippen molar-refractivity contribution in [1.82, 2.24) is 5.32 Å². The van der Waals surface area contributed by atoms with E-state index in [1.54, 1.807) is 0 Å². The molecule has 0 heterocycles. The van der Waals surface area contributed by atoms with Crippen molar-refractivity contribution in [3.05, 3.63) is 0 Å². The van der Waals surface area contributed by atoms with Crippen LogP contribution in [0.15, 0.2) is 0 Å². The zero-order valence-corrected chi connectivity index (χ0v) is 7.29. The number of halogens is 4. The molecule has 0 rings (SSSR count). The normalized spacial score (nSPS) is 7.09. The van der Waals surface area contributed by atoms with Gasteiger partial charge in [0.15, 0.2) is 0 Å². The molecular weight excluding hydrogens is 162 g/mol. The van der Waals surface area contributed by atoms with Crippen molar-refractivity contribution in [1.29, 1.82) is 0 Å². The van der Waals surface area contributed by atoms with E-state index >= 15 is 0 Å². The smallest absolute Gasteiger partial charge is 0.00127 e. The quantitative estimate of drug-likeness (QED) is 0.642. The average molecular weight is 181 g/mol. The molecule has 0 saturated carbocycles. The standard InChI is InChI=1S/C6H15N.4FH/c1-5(2)7-6(3)4;;;;/h5-7H,1-4H3;4*1H. The van der Waals surface area contributed by atoms with Gasteiger partial charge in [0.1, 0.15) is 0 Å². The first-order chi connectivity index (χ1) is 3.13. The zero-order valence-electron chi connectivity index (χ0n) is 7.29. The summed E-state index contributed by atoms with van der Waals surface area (Å²) in [6, 6.07) is 1.25. The van der Waals surface area contributed by atoms with Crippen molar-refractivity contribution in [2.45, 2.75) is 39.8 Å². The van der Waals surface area contributed by atoms with Crippen LogP contribution < -0.4 is 5.32 Å². The molecule has 0 fully saturated rings. The lowest BCUT2D eigenvalue weighted by atomic mass is 10.3. The van der Waals surface area contributed by atoms with Gasteiger partial charge in [0, 0.05) is 12.1 Å². The molecule has 0 aliphatic rings. The van der Waals surface area contributed by atoms with E-state index in [2.05, 4.69) is 33.0 Å². The molecule has 0 aromatic heterocycles. The van der Waals surface area contributed by atoms with Crippen molar-refractivity contribution in [2.75, 3.05) is 0 Å². The van der Waals surface area contributed by atoms with Gasteiger partial charge in [0.25, 0.3) is 0 Å². The van der Waals surface area contributed by atoms with E-state index in [1.165, 1.54) is 0 Å². The molecule has 0 amide bonds. The zero-order chi connectivity index (χ0) is 5.86. The Morgan fingerprint density at radius 1 is 0.636 bits per heavy atom. The van der Waals surface area contributed by atoms with E-state index in [9.17, 15) is 0 Å². The molecular formula is C6H19F4N. The Morgan fingerprint density at radius 3 is 0.818 bits per heavy atom. The van der Waals surface area contributed by atoms with Gasteiger partial charge in [0.2, 0.25) is 0 Å². The highest BCUT2D eigenvalue weighted by Crippen LogP contribution is 1.80. The van der Waals surface area contributed by atoms with Crippen molar-refractivity contribution >= 4 is 0 Å². The monoisotopic (exact) mass is 181 g/mol. The summed E-state index contributed by atoms with van der Waals surface area (Å²) in [4.78, 5) is 0. The largest absolute Gasteiger partial charge is 0.312 e. The first-order valence-electron chi connectivity index (χ1n) is 2.89. The topological polar surface area (TPSA) is 12.0 Å². The second-order valence-corrected chi connectivity index (χ2v) is 2.48. The van der Waals surface area contributed by atoms with E-state index in [-0.39, 0.29) is 18.8 Å². The van der Waals surface area contributed by atoms with Gasteiger partial charge < -0.3 is 5.32 Å². The molecule has 0 aliphatic carbocycles. The van der Waals surface area contributed by atoms with Crippen LogP contribution in [0.3, 0.4) is 0 Å². The van der Waals surface area contributed by atoms with Gasteiger partial charge in [-0.2, -0.15) is 0 Å². The van der Waals surface area contributed by atoms with Gasteiger partial charge in [-0.05, 0) is 0 Å². The lowest BCUT2D eigenvalue weighted by Gasteiger charge is -2.10. The summed E-state index contributed by atoms with van der Waals surface area (Å²) in [6.07, 6.45) is 0. The molecule has 0 radical (unpaired) electrons. The van der Waals surface area contributed by atoms with Gasteiger partial charge >= 0.3 is 0 Å². The van der Waals surface area contributed by atoms with Crippen LogP contribution >= 0.6 is 0 Å². The summed E-state index contributed by atoms with van der Waals surface area (Å²) in [5, 5.41) is 3.31. The second kappa shape index (κ2) is 16.3. The fourth-order valence-electron chi connectivity index (χ4n) is 0.667. The third kappa shape index (κ3) is 42.2. The summed E-state index contributed by atoms with van der Waals surface area (Å²) in [5.41, 5.74) is 0. The minimum atomic E-state index is 0. The molecule has 0 spiro atoms. The Hall–Kier alpha value is -0.320. The highest BCUT2D eigenvalue weighted by molar-refractivity contribution is 4.55. The van der Waals surface area contributed by atoms with Crippen molar-refractivity contribution in [3.63, 3.8) is 0 Å². The first kappa shape index (κ1) is 31.0. The highest BCUT2D eigenvalue weighted by atomic mass is 19.0. The Balaban J connectivity index is -0.0000000300. The molecule has 1 nitrogen and oxygen atoms in total. The Labute approximate surface area is 65.0 Å². The number of hydrogen-bond acceptors (Lipinski definition) is 1. The third-order valence-corrected chi connectivity index (χ3v) is 0.667. The summed E-state index contributed by atoms with van der Waals surface area (Å²) in [6.45, 7) is 8.61. The van der Waals surface area contributed by atoms with Crippen LogP contribution in [0.5, 0.6) is 0 Å². The Morgan fingerprint density at radius 2 is 0.818 bits per heavy atom. The number of nitrogens with one attached hydrogen (secondary N) is 1. The van der Waals surface area contributed by atoms with Crippen LogP contribution in [0.2, 0.25) is 0 Å². The van der Waals surface area contributed by atoms with Crippen LogP contribution in [0.1, 0.15) is 27.7 Å². The third-order valence-electron chi connectivity index (χ3n) is 0.667. The van der Waals surface area contributed by atoms with E-state index < -0.39 is 0 Å². The van der Waals surface area contributed by atoms with Crippen molar-refractivity contribution < 1.29 is 18.8 Å². The van der Waals surface area contributed by atoms with E-state index in [4.69, 9.17) is 0 Å². The predicted octanol–water partition coefficient (Wildman–Crippen LogP) is 2.00. The van der Waals surface area contributed by atoms with Crippen LogP contribution in [0.25, 0.3) is 0 Å². The lowest BCUT2D eigenvalue weighted by Crippen LogP contribution is -2.29. The van der Waals surface area contributed by atoms with E-state index in [1.807, 2.05) is 0 Å². The molecule has 0 unspecified atom stereocenters. The first-order valence-corrected chi connectivity index (χ1v) is 2.89. The maximum absolute atomic E-state index is 3.31. The van der Waals surface area contributed by atoms with Crippen LogP contribution in [0, 0.1) is 0 Å². The van der Waals surface area contributed by atoms with Gasteiger partial charge in [-0.15, -0.1) is 0 Å². The van der Waals surface area contributed by atoms with Crippen LogP contribution in [0.4, 0.5) is 18.8 Å². The summed E-state index contributed by atoms with van der Waals surface area (Å²) >= 11 is 0. The Kier molecular flexibility index (Phi) is 46.1. The molecule has 0 aromatic carbocycles. The molecule has 11 heavy (non-hydrogen) atoms. The molecule has 1 N–H and O–H groups in total. The van der Waals surface area contributed by atoms with Crippen LogP contribution in [-0.2, 0) is 0 Å². The summed E-state index contributed by atoms with van der Waals surface area (Å²) in [5.74, 6) is 0. The van der Waals surface area contributed by atoms with E-state index in [0.717, 1.165) is 0 Å². The molecule has 0 bridgehead atoms. The molecule has 5 heteroatoms. The minimum Gasteiger partial charge on any atom is -0.312 e.